The number of phosphoric acid groups is 1. The van der Waals surface area contributed by atoms with Crippen molar-refractivity contribution >= 4 is 135 Å². The number of anilines is 3. The van der Waals surface area contributed by atoms with Crippen LogP contribution in [0.25, 0.3) is 32.7 Å². The van der Waals surface area contributed by atoms with Crippen LogP contribution in [-0.2, 0) is 68.2 Å². The molecule has 10 amide bonds. The number of nitrogens with two attached hydrogens (primary N) is 1. The van der Waals surface area contributed by atoms with E-state index in [1.165, 1.54) is 46.1 Å². The van der Waals surface area contributed by atoms with Gasteiger partial charge in [0.2, 0.25) is 17.7 Å². The number of likely N-dealkylation sites (N-methyl/N-ethyl adjacent to an activating group) is 1. The molecule has 1 aromatic heterocycles. The number of nitrogens with one attached hydrogen (secondary N) is 5. The lowest BCUT2D eigenvalue weighted by molar-refractivity contribution is -0.132. The number of rotatable bonds is 48. The summed E-state index contributed by atoms with van der Waals surface area (Å²) in [7, 11) is -2.05. The molecule has 2 aliphatic heterocycles. The molecule has 670 valence electrons. The Morgan fingerprint density at radius 1 is 0.576 bits per heavy atom. The lowest BCUT2D eigenvalue weighted by Gasteiger charge is -2.25. The maximum Gasteiger partial charge on any atom is 0.524 e. The highest BCUT2D eigenvalue weighted by Crippen LogP contribution is 2.51. The van der Waals surface area contributed by atoms with Gasteiger partial charge in [-0.1, -0.05) is 123 Å². The molecule has 0 saturated carbocycles. The van der Waals surface area contributed by atoms with Gasteiger partial charge >= 0.3 is 32.1 Å². The van der Waals surface area contributed by atoms with Gasteiger partial charge in [-0.25, -0.2) is 23.7 Å². The molecule has 7 aromatic carbocycles. The molecular weight excluding hydrogens is 1700 g/mol. The lowest BCUT2D eigenvalue weighted by atomic mass is 9.95. The number of alkyl halides is 2. The summed E-state index contributed by atoms with van der Waals surface area (Å²) in [5.41, 5.74) is 13.1. The number of carbonyl (C=O) groups is 9. The predicted molar refractivity (Wildman–Crippen MR) is 471 cm³/mol. The van der Waals surface area contributed by atoms with Gasteiger partial charge in [0.25, 0.3) is 11.8 Å². The minimum absolute atomic E-state index is 0.0119. The number of halogens is 2. The van der Waals surface area contributed by atoms with Crippen LogP contribution in [-0.4, -0.2) is 250 Å². The molecule has 9 N–H and O–H groups in total. The van der Waals surface area contributed by atoms with Crippen molar-refractivity contribution in [1.82, 2.24) is 31.1 Å². The van der Waals surface area contributed by atoms with Gasteiger partial charge in [0.05, 0.1) is 107 Å². The number of fused-ring (bicyclic) bond motifs is 9. The van der Waals surface area contributed by atoms with Crippen LogP contribution < -0.4 is 51.4 Å². The predicted octanol–water partition coefficient (Wildman–Crippen LogP) is 11.2. The number of alkyl carbamates (subject to hydrolysis) is 1. The van der Waals surface area contributed by atoms with Crippen LogP contribution in [0.4, 0.5) is 36.2 Å². The van der Waals surface area contributed by atoms with Crippen molar-refractivity contribution in [3.8, 4) is 22.6 Å². The molecular formula is C88H105Cl2N10O23PS. The van der Waals surface area contributed by atoms with Crippen molar-refractivity contribution in [2.75, 3.05) is 179 Å². The van der Waals surface area contributed by atoms with Crippen LogP contribution in [0.3, 0.4) is 0 Å². The van der Waals surface area contributed by atoms with E-state index in [9.17, 15) is 57.5 Å². The first-order chi connectivity index (χ1) is 60.4. The Bertz CT molecular complexity index is 5060. The van der Waals surface area contributed by atoms with Crippen molar-refractivity contribution in [1.29, 1.82) is 0 Å². The Labute approximate surface area is 737 Å². The third-order valence-electron chi connectivity index (χ3n) is 21.0. The number of nitrogens with zero attached hydrogens (tertiary/aromatic N) is 4. The van der Waals surface area contributed by atoms with E-state index in [1.54, 1.807) is 97.6 Å². The number of primary amides is 1. The monoisotopic (exact) mass is 1800 g/mol. The molecule has 8 aromatic rings. The zero-order chi connectivity index (χ0) is 88.9. The highest BCUT2D eigenvalue weighted by molar-refractivity contribution is 7.46. The minimum atomic E-state index is -5.02. The first-order valence-electron chi connectivity index (χ1n) is 41.1. The molecule has 11 rings (SSSR count). The molecule has 3 aliphatic rings. The summed E-state index contributed by atoms with van der Waals surface area (Å²) in [4.78, 5) is 148. The van der Waals surface area contributed by atoms with Gasteiger partial charge in [0.1, 0.15) is 36.8 Å². The van der Waals surface area contributed by atoms with Crippen molar-refractivity contribution in [2.45, 2.75) is 69.6 Å². The average molecular weight is 1800 g/mol. The Hall–Kier alpha value is -10.6. The lowest BCUT2D eigenvalue weighted by Crippen LogP contribution is -2.54. The van der Waals surface area contributed by atoms with Gasteiger partial charge in [-0.15, -0.1) is 34.5 Å². The number of phosphoric ester groups is 1. The van der Waals surface area contributed by atoms with E-state index in [0.29, 0.717) is 116 Å². The summed E-state index contributed by atoms with van der Waals surface area (Å²) in [5, 5.41) is 15.8. The fourth-order valence-electron chi connectivity index (χ4n) is 14.8. The highest BCUT2D eigenvalue weighted by atomic mass is 35.5. The van der Waals surface area contributed by atoms with Gasteiger partial charge in [-0.05, 0) is 92.7 Å². The smallest absolute Gasteiger partial charge is 0.449 e. The molecule has 0 bridgehead atoms. The largest absolute Gasteiger partial charge is 0.524 e. The van der Waals surface area contributed by atoms with E-state index in [4.69, 9.17) is 80.8 Å². The summed E-state index contributed by atoms with van der Waals surface area (Å²) >= 11 is 14.1. The zero-order valence-electron chi connectivity index (χ0n) is 69.9. The number of carbonyl (C=O) groups excluding carboxylic acids is 9. The molecule has 3 heterocycles. The van der Waals surface area contributed by atoms with E-state index in [1.807, 2.05) is 36.4 Å². The second kappa shape index (κ2) is 47.1. The Morgan fingerprint density at radius 3 is 1.62 bits per heavy atom. The molecule has 2 unspecified atom stereocenters. The summed E-state index contributed by atoms with van der Waals surface area (Å²) in [5.74, 6) is -3.40. The fourth-order valence-corrected chi connectivity index (χ4v) is 16.7. The molecule has 4 atom stereocenters. The average Bonchev–Trinajstić information content (AvgIpc) is 1.60. The molecule has 1 aliphatic carbocycles. The molecule has 125 heavy (non-hydrogen) atoms. The number of benzene rings is 7. The van der Waals surface area contributed by atoms with E-state index >= 15 is 0 Å². The summed E-state index contributed by atoms with van der Waals surface area (Å²) in [6, 6.07) is 40.1. The number of ether oxygens (including phenoxy) is 10. The Kier molecular flexibility index (Phi) is 35.9. The standard InChI is InChI=1S/C88H105Cl2N10O23PS/c1-56(2)80(96-77(101)29-35-114-38-40-116-42-44-118-46-47-119-45-43-117-41-39-115-36-31-93-86(107)120-55-69-63-16-7-5-14-61(63)62-15-6-8-17-64(62)69)82(103)95-70(22-13-30-92-85(91)106)81(102)94-60-25-23-57(24-26-60)54-121-87(108)97(3)32-33-98(34-37-113-4)88(109)122-73-48-71-78(67-20-11-9-18-65(67)73)58(50-89)52-99(71)83(104)75-27-28-76(125-75)84(105)100-53-59(51-90)79-68-21-12-10-19-66(68)74(49-72(79)100)123-124(110,111)112/h5-12,14-21,23-28,48-49,56,58-59,69-70,80H,13,22,29-47,50-55H2,1-4H3,(H,93,107)(H,94,102)(H,95,103)(H,96,101)(H3,91,92,106)(H2,110,111,112)/t58-,59?,70+,80?/m1/s1. The van der Waals surface area contributed by atoms with Crippen LogP contribution in [0.5, 0.6) is 11.5 Å². The molecule has 0 saturated heterocycles. The van der Waals surface area contributed by atoms with E-state index in [-0.39, 0.29) is 149 Å². The number of thiophene rings is 1. The topological polar surface area (TPSA) is 412 Å². The van der Waals surface area contributed by atoms with Crippen LogP contribution in [0, 0.1) is 5.92 Å². The Morgan fingerprint density at radius 2 is 1.09 bits per heavy atom. The third-order valence-corrected chi connectivity index (χ3v) is 23.3. The second-order valence-electron chi connectivity index (χ2n) is 30.0. The highest BCUT2D eigenvalue weighted by Gasteiger charge is 2.40. The first kappa shape index (κ1) is 95.1. The molecule has 0 radical (unpaired) electrons. The second-order valence-corrected chi connectivity index (χ2v) is 32.8. The van der Waals surface area contributed by atoms with Gasteiger partial charge < -0.3 is 104 Å². The SMILES string of the molecule is COCCN(CCN(C)C(=O)OCc1ccc(NC(=O)[C@H](CCCNC(N)=O)NC(=O)C(NC(=O)CCOCCOCCOCCOCCOCCOCCNC(=O)OCC2c3ccccc3-c3ccccc32)C(C)C)cc1)C(=O)Oc1cc2c(c3ccccc13)[C@H](CCl)CN2C(=O)c1ccc(C(=O)N2CC(CCl)c3c2cc(OP(=O)(O)O)c2ccccc32)s1. The van der Waals surface area contributed by atoms with Crippen molar-refractivity contribution < 1.29 is 109 Å². The van der Waals surface area contributed by atoms with Gasteiger partial charge in [0, 0.05) is 124 Å². The molecule has 0 spiro atoms. The fraction of sp³-hybridized carbons (Fsp3) is 0.420. The zero-order valence-corrected chi connectivity index (χ0v) is 73.1. The van der Waals surface area contributed by atoms with Crippen LogP contribution in [0.2, 0.25) is 0 Å². The van der Waals surface area contributed by atoms with Crippen molar-refractivity contribution in [2.24, 2.45) is 11.7 Å². The normalized spacial score (nSPS) is 14.4. The number of hydrogen-bond acceptors (Lipinski definition) is 22. The summed E-state index contributed by atoms with van der Waals surface area (Å²) in [6.07, 6.45) is -1.75. The van der Waals surface area contributed by atoms with Crippen LogP contribution in [0.15, 0.2) is 146 Å². The molecule has 37 heteroatoms. The summed E-state index contributed by atoms with van der Waals surface area (Å²) < 4.78 is 73.5. The number of urea groups is 1. The quantitative estimate of drug-likeness (QED) is 0.00997. The third kappa shape index (κ3) is 26.3. The maximum atomic E-state index is 14.8. The number of methoxy groups -OCH3 is 1. The Balaban J connectivity index is 0.570. The van der Waals surface area contributed by atoms with Crippen molar-refractivity contribution in [3.05, 3.63) is 183 Å². The molecule has 33 nitrogen and oxygen atoms in total. The molecule has 0 fully saturated rings. The van der Waals surface area contributed by atoms with E-state index in [2.05, 4.69) is 50.8 Å². The van der Waals surface area contributed by atoms with Gasteiger partial charge in [-0.2, -0.15) is 0 Å². The number of hydrogen-bond donors (Lipinski definition) is 8. The first-order valence-corrected chi connectivity index (χ1v) is 44.5. The van der Waals surface area contributed by atoms with E-state index in [0.717, 1.165) is 28.0 Å². The van der Waals surface area contributed by atoms with Gasteiger partial charge in [-0.3, -0.25) is 33.8 Å². The van der Waals surface area contributed by atoms with Crippen LogP contribution in [0.1, 0.15) is 98.0 Å². The van der Waals surface area contributed by atoms with Gasteiger partial charge in [0.15, 0.2) is 0 Å². The summed E-state index contributed by atoms with van der Waals surface area (Å²) in [6.45, 7) is 8.01. The number of amides is 10. The minimum Gasteiger partial charge on any atom is -0.449 e. The van der Waals surface area contributed by atoms with Crippen LogP contribution >= 0.6 is 42.4 Å². The van der Waals surface area contributed by atoms with Crippen molar-refractivity contribution in [3.63, 3.8) is 0 Å². The van der Waals surface area contributed by atoms with E-state index < -0.39 is 79.7 Å². The maximum absolute atomic E-state index is 14.8.